The molecule has 2 aromatic carbocycles. The molecule has 0 fully saturated rings. The molecule has 0 heterocycles. The molecule has 0 saturated carbocycles. The van der Waals surface area contributed by atoms with Crippen molar-refractivity contribution < 1.29 is 19.1 Å². The van der Waals surface area contributed by atoms with Crippen LogP contribution in [0, 0.1) is 0 Å². The number of amides is 1. The number of hydrogen-bond donors (Lipinski definition) is 1. The summed E-state index contributed by atoms with van der Waals surface area (Å²) in [5.41, 5.74) is 1.44. The lowest BCUT2D eigenvalue weighted by Gasteiger charge is -2.13. The van der Waals surface area contributed by atoms with E-state index in [0.717, 1.165) is 12.0 Å². The number of ether oxygens (including phenoxy) is 2. The molecule has 2 aromatic rings. The Bertz CT molecular complexity index is 683. The maximum absolute atomic E-state index is 12.1. The number of carbonyl (C=O) groups is 2. The summed E-state index contributed by atoms with van der Waals surface area (Å²) in [5.74, 6) is -0.166. The van der Waals surface area contributed by atoms with Gasteiger partial charge in [-0.15, -0.1) is 0 Å². The van der Waals surface area contributed by atoms with Gasteiger partial charge in [-0.1, -0.05) is 37.3 Å². The van der Waals surface area contributed by atoms with E-state index in [2.05, 4.69) is 5.32 Å². The standard InChI is InChI=1S/C20H23NO4/c1-3-13-21-19(22)15(2)25-20(23)17-9-11-18(12-10-17)24-14-16-7-5-4-6-8-16/h4-12,15H,3,13-14H2,1-2H3,(H,21,22)/t15-/m0/s1. The second kappa shape index (κ2) is 9.47. The Kier molecular flexibility index (Phi) is 7.01. The van der Waals surface area contributed by atoms with Crippen LogP contribution in [0.4, 0.5) is 0 Å². The lowest BCUT2D eigenvalue weighted by Crippen LogP contribution is -2.36. The molecule has 1 N–H and O–H groups in total. The van der Waals surface area contributed by atoms with Crippen LogP contribution >= 0.6 is 0 Å². The third kappa shape index (κ3) is 5.95. The normalized spacial score (nSPS) is 11.4. The predicted molar refractivity (Wildman–Crippen MR) is 95.4 cm³/mol. The average molecular weight is 341 g/mol. The van der Waals surface area contributed by atoms with Gasteiger partial charge in [0.2, 0.25) is 0 Å². The summed E-state index contributed by atoms with van der Waals surface area (Å²) in [4.78, 5) is 23.8. The van der Waals surface area contributed by atoms with Gasteiger partial charge < -0.3 is 14.8 Å². The highest BCUT2D eigenvalue weighted by molar-refractivity contribution is 5.92. The van der Waals surface area contributed by atoms with Crippen LogP contribution in [-0.4, -0.2) is 24.5 Å². The van der Waals surface area contributed by atoms with E-state index in [-0.39, 0.29) is 5.91 Å². The maximum atomic E-state index is 12.1. The Balaban J connectivity index is 1.86. The molecule has 0 bridgehead atoms. The molecule has 5 heteroatoms. The highest BCUT2D eigenvalue weighted by Gasteiger charge is 2.18. The molecule has 25 heavy (non-hydrogen) atoms. The van der Waals surface area contributed by atoms with Gasteiger partial charge in [0, 0.05) is 6.54 Å². The highest BCUT2D eigenvalue weighted by Crippen LogP contribution is 2.15. The number of esters is 1. The smallest absolute Gasteiger partial charge is 0.338 e. The molecule has 0 aliphatic heterocycles. The second-order valence-corrected chi connectivity index (χ2v) is 5.64. The zero-order chi connectivity index (χ0) is 18.1. The summed E-state index contributed by atoms with van der Waals surface area (Å²) in [7, 11) is 0. The number of benzene rings is 2. The summed E-state index contributed by atoms with van der Waals surface area (Å²) in [6.45, 7) is 4.53. The third-order valence-corrected chi connectivity index (χ3v) is 3.54. The quantitative estimate of drug-likeness (QED) is 0.748. The van der Waals surface area contributed by atoms with E-state index >= 15 is 0 Å². The zero-order valence-electron chi connectivity index (χ0n) is 14.5. The number of carbonyl (C=O) groups excluding carboxylic acids is 2. The Hall–Kier alpha value is -2.82. The van der Waals surface area contributed by atoms with Crippen molar-refractivity contribution in [3.05, 3.63) is 65.7 Å². The van der Waals surface area contributed by atoms with Crippen molar-refractivity contribution in [1.82, 2.24) is 5.32 Å². The van der Waals surface area contributed by atoms with Crippen molar-refractivity contribution in [3.63, 3.8) is 0 Å². The lowest BCUT2D eigenvalue weighted by atomic mass is 10.2. The van der Waals surface area contributed by atoms with E-state index in [1.807, 2.05) is 37.3 Å². The fraction of sp³-hybridized carbons (Fsp3) is 0.300. The summed E-state index contributed by atoms with van der Waals surface area (Å²) >= 11 is 0. The van der Waals surface area contributed by atoms with Crippen LogP contribution in [0.25, 0.3) is 0 Å². The number of hydrogen-bond acceptors (Lipinski definition) is 4. The molecule has 132 valence electrons. The van der Waals surface area contributed by atoms with Gasteiger partial charge in [0.15, 0.2) is 6.10 Å². The van der Waals surface area contributed by atoms with Crippen molar-refractivity contribution in [3.8, 4) is 5.75 Å². The van der Waals surface area contributed by atoms with Gasteiger partial charge >= 0.3 is 5.97 Å². The lowest BCUT2D eigenvalue weighted by molar-refractivity contribution is -0.129. The summed E-state index contributed by atoms with van der Waals surface area (Å²) in [5, 5.41) is 2.69. The van der Waals surface area contributed by atoms with Gasteiger partial charge in [-0.25, -0.2) is 4.79 Å². The molecule has 0 aliphatic carbocycles. The molecule has 0 radical (unpaired) electrons. The van der Waals surface area contributed by atoms with Crippen LogP contribution in [0.1, 0.15) is 36.2 Å². The van der Waals surface area contributed by atoms with E-state index in [1.54, 1.807) is 31.2 Å². The summed E-state index contributed by atoms with van der Waals surface area (Å²) in [6, 6.07) is 16.5. The van der Waals surface area contributed by atoms with Gasteiger partial charge in [0.25, 0.3) is 5.91 Å². The van der Waals surface area contributed by atoms with E-state index in [1.165, 1.54) is 0 Å². The van der Waals surface area contributed by atoms with Crippen LogP contribution in [0.2, 0.25) is 0 Å². The molecular weight excluding hydrogens is 318 g/mol. The van der Waals surface area contributed by atoms with Crippen LogP contribution in [-0.2, 0) is 16.1 Å². The molecule has 0 aliphatic rings. The molecule has 0 spiro atoms. The van der Waals surface area contributed by atoms with E-state index < -0.39 is 12.1 Å². The first-order chi connectivity index (χ1) is 12.1. The monoisotopic (exact) mass is 341 g/mol. The van der Waals surface area contributed by atoms with E-state index in [9.17, 15) is 9.59 Å². The topological polar surface area (TPSA) is 64.6 Å². The Morgan fingerprint density at radius 1 is 1.04 bits per heavy atom. The van der Waals surface area contributed by atoms with Crippen molar-refractivity contribution in [2.75, 3.05) is 6.54 Å². The first-order valence-corrected chi connectivity index (χ1v) is 8.35. The van der Waals surface area contributed by atoms with Crippen LogP contribution in [0.15, 0.2) is 54.6 Å². The van der Waals surface area contributed by atoms with Crippen LogP contribution in [0.3, 0.4) is 0 Å². The van der Waals surface area contributed by atoms with Gasteiger partial charge in [-0.3, -0.25) is 4.79 Å². The van der Waals surface area contributed by atoms with Crippen LogP contribution < -0.4 is 10.1 Å². The van der Waals surface area contributed by atoms with Crippen molar-refractivity contribution >= 4 is 11.9 Å². The maximum Gasteiger partial charge on any atom is 0.338 e. The minimum Gasteiger partial charge on any atom is -0.489 e. The Morgan fingerprint density at radius 3 is 2.36 bits per heavy atom. The molecular formula is C20H23NO4. The van der Waals surface area contributed by atoms with Gasteiger partial charge in [-0.2, -0.15) is 0 Å². The number of rotatable bonds is 8. The molecule has 1 amide bonds. The van der Waals surface area contributed by atoms with Gasteiger partial charge in [-0.05, 0) is 43.2 Å². The average Bonchev–Trinajstić information content (AvgIpc) is 2.65. The summed E-state index contributed by atoms with van der Waals surface area (Å²) < 4.78 is 10.8. The minimum atomic E-state index is -0.826. The largest absolute Gasteiger partial charge is 0.489 e. The highest BCUT2D eigenvalue weighted by atomic mass is 16.5. The first-order valence-electron chi connectivity index (χ1n) is 8.35. The minimum absolute atomic E-state index is 0.294. The Labute approximate surface area is 148 Å². The van der Waals surface area contributed by atoms with Crippen molar-refractivity contribution in [1.29, 1.82) is 0 Å². The molecule has 2 rings (SSSR count). The second-order valence-electron chi connectivity index (χ2n) is 5.64. The molecule has 0 unspecified atom stereocenters. The Morgan fingerprint density at radius 2 is 1.72 bits per heavy atom. The molecule has 5 nitrogen and oxygen atoms in total. The fourth-order valence-corrected chi connectivity index (χ4v) is 2.10. The number of nitrogens with one attached hydrogen (secondary N) is 1. The van der Waals surface area contributed by atoms with E-state index in [0.29, 0.717) is 24.5 Å². The fourth-order valence-electron chi connectivity index (χ4n) is 2.10. The van der Waals surface area contributed by atoms with E-state index in [4.69, 9.17) is 9.47 Å². The molecule has 0 aromatic heterocycles. The van der Waals surface area contributed by atoms with Gasteiger partial charge in [0.1, 0.15) is 12.4 Å². The van der Waals surface area contributed by atoms with Crippen molar-refractivity contribution in [2.24, 2.45) is 0 Å². The SMILES string of the molecule is CCCNC(=O)[C@H](C)OC(=O)c1ccc(OCc2ccccc2)cc1. The predicted octanol–water partition coefficient (Wildman–Crippen LogP) is 3.34. The zero-order valence-corrected chi connectivity index (χ0v) is 14.5. The molecule has 0 saturated heterocycles. The van der Waals surface area contributed by atoms with Gasteiger partial charge in [0.05, 0.1) is 5.56 Å². The molecule has 1 atom stereocenters. The first kappa shape index (κ1) is 18.5. The third-order valence-electron chi connectivity index (χ3n) is 3.54. The van der Waals surface area contributed by atoms with Crippen LogP contribution in [0.5, 0.6) is 5.75 Å². The summed E-state index contributed by atoms with van der Waals surface area (Å²) in [6.07, 6.45) is 0.00434. The van der Waals surface area contributed by atoms with Crippen molar-refractivity contribution in [2.45, 2.75) is 33.0 Å².